The van der Waals surface area contributed by atoms with Crippen molar-refractivity contribution in [3.8, 4) is 0 Å². The molecule has 0 bridgehead atoms. The predicted octanol–water partition coefficient (Wildman–Crippen LogP) is 3.57. The van der Waals surface area contributed by atoms with Crippen LogP contribution in [-0.2, 0) is 0 Å². The van der Waals surface area contributed by atoms with Crippen LogP contribution in [0.15, 0.2) is 48.5 Å². The highest BCUT2D eigenvalue weighted by molar-refractivity contribution is 5.94. The van der Waals surface area contributed by atoms with Crippen molar-refractivity contribution >= 4 is 17.3 Å². The minimum atomic E-state index is -1.01. The molecule has 4 heteroatoms. The second-order valence-electron chi connectivity index (χ2n) is 5.13. The molecular formula is C17H20N2O2. The van der Waals surface area contributed by atoms with Crippen LogP contribution in [0.5, 0.6) is 0 Å². The molecule has 0 spiro atoms. The molecule has 0 aliphatic carbocycles. The second-order valence-corrected chi connectivity index (χ2v) is 5.13. The van der Waals surface area contributed by atoms with E-state index in [-0.39, 0.29) is 11.3 Å². The van der Waals surface area contributed by atoms with Crippen LogP contribution in [0.4, 0.5) is 11.4 Å². The first-order valence-corrected chi connectivity index (χ1v) is 6.99. The number of nitrogen functional groups attached to an aromatic ring is 1. The van der Waals surface area contributed by atoms with Crippen LogP contribution in [0.1, 0.15) is 35.2 Å². The summed E-state index contributed by atoms with van der Waals surface area (Å²) in [5, 5.41) is 12.3. The van der Waals surface area contributed by atoms with E-state index in [2.05, 4.69) is 24.4 Å². The van der Waals surface area contributed by atoms with E-state index in [1.165, 1.54) is 5.56 Å². The van der Waals surface area contributed by atoms with Gasteiger partial charge in [0.05, 0.1) is 5.56 Å². The van der Waals surface area contributed by atoms with Crippen LogP contribution in [0.2, 0.25) is 0 Å². The van der Waals surface area contributed by atoms with Gasteiger partial charge in [-0.05, 0) is 36.1 Å². The Morgan fingerprint density at radius 2 is 1.95 bits per heavy atom. The lowest BCUT2D eigenvalue weighted by atomic mass is 9.98. The monoisotopic (exact) mass is 284 g/mol. The zero-order valence-corrected chi connectivity index (χ0v) is 12.0. The summed E-state index contributed by atoms with van der Waals surface area (Å²) in [7, 11) is 0. The van der Waals surface area contributed by atoms with Gasteiger partial charge in [0.1, 0.15) is 0 Å². The van der Waals surface area contributed by atoms with E-state index in [1.807, 2.05) is 18.2 Å². The maximum atomic E-state index is 11.0. The second kappa shape index (κ2) is 6.79. The maximum absolute atomic E-state index is 11.0. The van der Waals surface area contributed by atoms with Crippen molar-refractivity contribution in [1.82, 2.24) is 0 Å². The molecule has 2 rings (SSSR count). The summed E-state index contributed by atoms with van der Waals surface area (Å²) >= 11 is 0. The van der Waals surface area contributed by atoms with E-state index in [9.17, 15) is 4.79 Å². The molecule has 0 aliphatic rings. The fraction of sp³-hybridized carbons (Fsp3) is 0.235. The molecule has 0 saturated heterocycles. The van der Waals surface area contributed by atoms with Crippen LogP contribution in [-0.4, -0.2) is 17.6 Å². The quantitative estimate of drug-likeness (QED) is 0.709. The van der Waals surface area contributed by atoms with Crippen LogP contribution in [0.25, 0.3) is 0 Å². The van der Waals surface area contributed by atoms with Gasteiger partial charge >= 0.3 is 5.97 Å². The molecular weight excluding hydrogens is 264 g/mol. The molecule has 0 aliphatic heterocycles. The fourth-order valence-electron chi connectivity index (χ4n) is 2.23. The molecule has 110 valence electrons. The first-order chi connectivity index (χ1) is 10.1. The number of benzene rings is 2. The number of nitrogens with one attached hydrogen (secondary N) is 1. The molecule has 1 unspecified atom stereocenters. The van der Waals surface area contributed by atoms with Gasteiger partial charge in [-0.1, -0.05) is 37.3 Å². The number of rotatable bonds is 6. The molecule has 4 nitrogen and oxygen atoms in total. The van der Waals surface area contributed by atoms with Gasteiger partial charge in [0, 0.05) is 17.9 Å². The summed E-state index contributed by atoms with van der Waals surface area (Å²) in [6.45, 7) is 2.96. The van der Waals surface area contributed by atoms with E-state index < -0.39 is 5.97 Å². The molecule has 0 radical (unpaired) electrons. The number of carboxylic acid groups (broad SMARTS) is 1. The van der Waals surface area contributed by atoms with Gasteiger partial charge in [-0.2, -0.15) is 0 Å². The third kappa shape index (κ3) is 3.99. The van der Waals surface area contributed by atoms with Crippen molar-refractivity contribution in [2.24, 2.45) is 0 Å². The highest BCUT2D eigenvalue weighted by atomic mass is 16.4. The number of carboxylic acids is 1. The Balaban J connectivity index is 1.92. The Bertz CT molecular complexity index is 611. The van der Waals surface area contributed by atoms with Crippen molar-refractivity contribution < 1.29 is 9.90 Å². The molecule has 0 fully saturated rings. The summed E-state index contributed by atoms with van der Waals surface area (Å²) in [5.74, 6) is -0.555. The SMILES string of the molecule is CC(CCNc1ccc(N)c(C(=O)O)c1)c1ccccc1. The summed E-state index contributed by atoms with van der Waals surface area (Å²) in [4.78, 5) is 11.0. The average molecular weight is 284 g/mol. The maximum Gasteiger partial charge on any atom is 0.337 e. The van der Waals surface area contributed by atoms with Crippen molar-refractivity contribution in [3.63, 3.8) is 0 Å². The normalized spacial score (nSPS) is 11.9. The van der Waals surface area contributed by atoms with Crippen LogP contribution in [0.3, 0.4) is 0 Å². The summed E-state index contributed by atoms with van der Waals surface area (Å²) < 4.78 is 0. The molecule has 4 N–H and O–H groups in total. The zero-order valence-electron chi connectivity index (χ0n) is 12.0. The Labute approximate surface area is 124 Å². The van der Waals surface area contributed by atoms with Crippen molar-refractivity contribution in [3.05, 3.63) is 59.7 Å². The lowest BCUT2D eigenvalue weighted by Crippen LogP contribution is -2.08. The highest BCUT2D eigenvalue weighted by Crippen LogP contribution is 2.20. The van der Waals surface area contributed by atoms with Gasteiger partial charge in [-0.15, -0.1) is 0 Å². The molecule has 2 aromatic rings. The van der Waals surface area contributed by atoms with E-state index in [1.54, 1.807) is 18.2 Å². The number of hydrogen-bond donors (Lipinski definition) is 3. The van der Waals surface area contributed by atoms with Crippen molar-refractivity contribution in [2.75, 3.05) is 17.6 Å². The Morgan fingerprint density at radius 3 is 2.62 bits per heavy atom. The molecule has 0 amide bonds. The summed E-state index contributed by atoms with van der Waals surface area (Å²) in [6.07, 6.45) is 0.969. The molecule has 0 saturated carbocycles. The molecule has 0 heterocycles. The van der Waals surface area contributed by atoms with E-state index in [0.717, 1.165) is 18.7 Å². The molecule has 21 heavy (non-hydrogen) atoms. The van der Waals surface area contributed by atoms with Gasteiger partial charge in [-0.3, -0.25) is 0 Å². The highest BCUT2D eigenvalue weighted by Gasteiger charge is 2.09. The Hall–Kier alpha value is -2.49. The predicted molar refractivity (Wildman–Crippen MR) is 85.8 cm³/mol. The van der Waals surface area contributed by atoms with Gasteiger partial charge in [0.15, 0.2) is 0 Å². The smallest absolute Gasteiger partial charge is 0.337 e. The first kappa shape index (κ1) is 14.9. The van der Waals surface area contributed by atoms with Crippen molar-refractivity contribution in [1.29, 1.82) is 0 Å². The average Bonchev–Trinajstić information content (AvgIpc) is 2.49. The molecule has 1 atom stereocenters. The lowest BCUT2D eigenvalue weighted by Gasteiger charge is -2.13. The minimum absolute atomic E-state index is 0.135. The third-order valence-corrected chi connectivity index (χ3v) is 3.56. The summed E-state index contributed by atoms with van der Waals surface area (Å²) in [6, 6.07) is 15.3. The number of carbonyl (C=O) groups is 1. The minimum Gasteiger partial charge on any atom is -0.478 e. The van der Waals surface area contributed by atoms with Gasteiger partial charge in [-0.25, -0.2) is 4.79 Å². The van der Waals surface area contributed by atoms with E-state index in [0.29, 0.717) is 5.92 Å². The lowest BCUT2D eigenvalue weighted by molar-refractivity contribution is 0.0698. The molecule has 0 aromatic heterocycles. The zero-order chi connectivity index (χ0) is 15.2. The van der Waals surface area contributed by atoms with Crippen LogP contribution in [0, 0.1) is 0 Å². The standard InChI is InChI=1S/C17H20N2O2/c1-12(13-5-3-2-4-6-13)9-10-19-14-7-8-16(18)15(11-14)17(20)21/h2-8,11-12,19H,9-10,18H2,1H3,(H,20,21). The largest absolute Gasteiger partial charge is 0.478 e. The fourth-order valence-corrected chi connectivity index (χ4v) is 2.23. The summed E-state index contributed by atoms with van der Waals surface area (Å²) in [5.41, 5.74) is 8.14. The van der Waals surface area contributed by atoms with Crippen LogP contribution < -0.4 is 11.1 Å². The van der Waals surface area contributed by atoms with E-state index in [4.69, 9.17) is 10.8 Å². The van der Waals surface area contributed by atoms with Gasteiger partial charge in [0.2, 0.25) is 0 Å². The Morgan fingerprint density at radius 1 is 1.24 bits per heavy atom. The molecule has 2 aromatic carbocycles. The third-order valence-electron chi connectivity index (χ3n) is 3.56. The van der Waals surface area contributed by atoms with Crippen LogP contribution >= 0.6 is 0 Å². The number of hydrogen-bond acceptors (Lipinski definition) is 3. The Kier molecular flexibility index (Phi) is 4.82. The number of nitrogens with two attached hydrogens (primary N) is 1. The first-order valence-electron chi connectivity index (χ1n) is 6.99. The van der Waals surface area contributed by atoms with Gasteiger partial charge in [0.25, 0.3) is 0 Å². The topological polar surface area (TPSA) is 75.3 Å². The number of aromatic carboxylic acids is 1. The van der Waals surface area contributed by atoms with Crippen molar-refractivity contribution in [2.45, 2.75) is 19.3 Å². The van der Waals surface area contributed by atoms with E-state index >= 15 is 0 Å². The van der Waals surface area contributed by atoms with Gasteiger partial charge < -0.3 is 16.2 Å². The number of anilines is 2.